The molecule has 1 saturated heterocycles. The van der Waals surface area contributed by atoms with Gasteiger partial charge in [-0.2, -0.15) is 0 Å². The molecule has 2 aliphatic rings. The Morgan fingerprint density at radius 2 is 2.28 bits per heavy atom. The van der Waals surface area contributed by atoms with E-state index in [0.29, 0.717) is 0 Å². The summed E-state index contributed by atoms with van der Waals surface area (Å²) in [7, 11) is 0. The molecule has 2 fully saturated rings. The van der Waals surface area contributed by atoms with Crippen LogP contribution in [0.15, 0.2) is 18.3 Å². The maximum Gasteiger partial charge on any atom is 0.0570 e. The number of nitrogens with one attached hydrogen (secondary N) is 1. The Kier molecular flexibility index (Phi) is 3.62. The summed E-state index contributed by atoms with van der Waals surface area (Å²) < 4.78 is 0. The third kappa shape index (κ3) is 2.90. The molecule has 98 valence electrons. The van der Waals surface area contributed by atoms with E-state index in [-0.39, 0.29) is 0 Å². The molecule has 3 rings (SSSR count). The summed E-state index contributed by atoms with van der Waals surface area (Å²) in [4.78, 5) is 7.10. The van der Waals surface area contributed by atoms with E-state index in [4.69, 9.17) is 0 Å². The van der Waals surface area contributed by atoms with Gasteiger partial charge < -0.3 is 10.2 Å². The number of aryl methyl sites for hydroxylation is 1. The van der Waals surface area contributed by atoms with Crippen LogP contribution in [-0.2, 0) is 6.54 Å². The Balaban J connectivity index is 1.41. The first-order chi connectivity index (χ1) is 8.83. The van der Waals surface area contributed by atoms with Crippen LogP contribution in [0.1, 0.15) is 30.5 Å². The van der Waals surface area contributed by atoms with Crippen molar-refractivity contribution >= 4 is 0 Å². The van der Waals surface area contributed by atoms with Crippen molar-refractivity contribution in [2.45, 2.75) is 38.8 Å². The van der Waals surface area contributed by atoms with Crippen molar-refractivity contribution in [3.8, 4) is 0 Å². The molecule has 1 atom stereocenters. The molecule has 1 N–H and O–H groups in total. The van der Waals surface area contributed by atoms with E-state index in [1.54, 1.807) is 0 Å². The second kappa shape index (κ2) is 5.37. The van der Waals surface area contributed by atoms with Gasteiger partial charge >= 0.3 is 0 Å². The fraction of sp³-hybridized carbons (Fsp3) is 0.667. The molecule has 1 aromatic heterocycles. The number of hydrogen-bond acceptors (Lipinski definition) is 3. The third-order valence-electron chi connectivity index (χ3n) is 4.22. The van der Waals surface area contributed by atoms with Crippen LogP contribution in [0.3, 0.4) is 0 Å². The van der Waals surface area contributed by atoms with Gasteiger partial charge in [0.1, 0.15) is 0 Å². The van der Waals surface area contributed by atoms with Crippen LogP contribution in [0.25, 0.3) is 0 Å². The Morgan fingerprint density at radius 1 is 1.39 bits per heavy atom. The van der Waals surface area contributed by atoms with Gasteiger partial charge in [0.05, 0.1) is 5.69 Å². The van der Waals surface area contributed by atoms with Crippen molar-refractivity contribution in [3.05, 3.63) is 29.6 Å². The number of likely N-dealkylation sites (tertiary alicyclic amines) is 1. The second-order valence-electron chi connectivity index (χ2n) is 5.78. The quantitative estimate of drug-likeness (QED) is 0.859. The second-order valence-corrected chi connectivity index (χ2v) is 5.78. The Bertz CT molecular complexity index is 400. The minimum atomic E-state index is 0.842. The Labute approximate surface area is 110 Å². The average Bonchev–Trinajstić information content (AvgIpc) is 3.12. The summed E-state index contributed by atoms with van der Waals surface area (Å²) in [5, 5.41) is 3.58. The SMILES string of the molecule is Cc1cccnc1CNCC1CCN(C2CC2)C1. The van der Waals surface area contributed by atoms with Crippen LogP contribution in [0, 0.1) is 12.8 Å². The van der Waals surface area contributed by atoms with Gasteiger partial charge in [-0.05, 0) is 56.8 Å². The highest BCUT2D eigenvalue weighted by atomic mass is 15.2. The minimum Gasteiger partial charge on any atom is -0.311 e. The van der Waals surface area contributed by atoms with Gasteiger partial charge in [0.25, 0.3) is 0 Å². The first-order valence-electron chi connectivity index (χ1n) is 7.18. The van der Waals surface area contributed by atoms with Crippen LogP contribution in [0.5, 0.6) is 0 Å². The van der Waals surface area contributed by atoms with Gasteiger partial charge in [-0.3, -0.25) is 4.98 Å². The lowest BCUT2D eigenvalue weighted by atomic mass is 10.1. The summed E-state index contributed by atoms with van der Waals surface area (Å²) in [5.41, 5.74) is 2.48. The zero-order valence-electron chi connectivity index (χ0n) is 11.2. The molecule has 0 radical (unpaired) electrons. The van der Waals surface area contributed by atoms with Gasteiger partial charge in [-0.15, -0.1) is 0 Å². The highest BCUT2D eigenvalue weighted by molar-refractivity contribution is 5.17. The molecule has 1 unspecified atom stereocenters. The van der Waals surface area contributed by atoms with Gasteiger partial charge in [0.15, 0.2) is 0 Å². The molecular weight excluding hydrogens is 222 g/mol. The molecule has 1 aromatic rings. The highest BCUT2D eigenvalue weighted by Crippen LogP contribution is 2.31. The topological polar surface area (TPSA) is 28.2 Å². The molecular formula is C15H23N3. The van der Waals surface area contributed by atoms with Crippen molar-refractivity contribution in [1.82, 2.24) is 15.2 Å². The first kappa shape index (κ1) is 12.1. The predicted octanol–water partition coefficient (Wildman–Crippen LogP) is 1.96. The van der Waals surface area contributed by atoms with Crippen LogP contribution in [0.2, 0.25) is 0 Å². The fourth-order valence-corrected chi connectivity index (χ4v) is 2.90. The van der Waals surface area contributed by atoms with E-state index >= 15 is 0 Å². The van der Waals surface area contributed by atoms with Gasteiger partial charge in [0.2, 0.25) is 0 Å². The maximum atomic E-state index is 4.42. The third-order valence-corrected chi connectivity index (χ3v) is 4.22. The van der Waals surface area contributed by atoms with Gasteiger partial charge in [-0.25, -0.2) is 0 Å². The summed E-state index contributed by atoms with van der Waals surface area (Å²) in [6, 6.07) is 5.07. The fourth-order valence-electron chi connectivity index (χ4n) is 2.90. The molecule has 1 aliphatic carbocycles. The van der Waals surface area contributed by atoms with Crippen molar-refractivity contribution < 1.29 is 0 Å². The lowest BCUT2D eigenvalue weighted by Crippen LogP contribution is -2.27. The number of hydrogen-bond donors (Lipinski definition) is 1. The number of nitrogens with zero attached hydrogens (tertiary/aromatic N) is 2. The van der Waals surface area contributed by atoms with Gasteiger partial charge in [-0.1, -0.05) is 6.07 Å². The average molecular weight is 245 g/mol. The van der Waals surface area contributed by atoms with E-state index in [2.05, 4.69) is 28.2 Å². The standard InChI is InChI=1S/C15H23N3/c1-12-3-2-7-17-15(12)10-16-9-13-6-8-18(11-13)14-4-5-14/h2-3,7,13-14,16H,4-6,8-11H2,1H3. The van der Waals surface area contributed by atoms with Crippen LogP contribution in [0.4, 0.5) is 0 Å². The molecule has 0 bridgehead atoms. The lowest BCUT2D eigenvalue weighted by Gasteiger charge is -2.15. The summed E-state index contributed by atoms with van der Waals surface area (Å²) in [5.74, 6) is 0.842. The van der Waals surface area contributed by atoms with E-state index in [1.165, 1.54) is 43.6 Å². The Hall–Kier alpha value is -0.930. The van der Waals surface area contributed by atoms with Crippen molar-refractivity contribution in [1.29, 1.82) is 0 Å². The molecule has 0 amide bonds. The monoisotopic (exact) mass is 245 g/mol. The maximum absolute atomic E-state index is 4.42. The largest absolute Gasteiger partial charge is 0.311 e. The van der Waals surface area contributed by atoms with E-state index < -0.39 is 0 Å². The Morgan fingerprint density at radius 3 is 3.06 bits per heavy atom. The molecule has 0 spiro atoms. The van der Waals surface area contributed by atoms with E-state index in [1.807, 2.05) is 12.3 Å². The summed E-state index contributed by atoms with van der Waals surface area (Å²) >= 11 is 0. The first-order valence-corrected chi connectivity index (χ1v) is 7.18. The summed E-state index contributed by atoms with van der Waals surface area (Å²) in [6.07, 6.45) is 6.12. The van der Waals surface area contributed by atoms with Crippen LogP contribution < -0.4 is 5.32 Å². The number of aromatic nitrogens is 1. The number of rotatable bonds is 5. The zero-order chi connectivity index (χ0) is 12.4. The summed E-state index contributed by atoms with van der Waals surface area (Å²) in [6.45, 7) is 6.80. The van der Waals surface area contributed by atoms with Gasteiger partial charge in [0, 0.05) is 25.3 Å². The van der Waals surface area contributed by atoms with Crippen molar-refractivity contribution in [3.63, 3.8) is 0 Å². The smallest absolute Gasteiger partial charge is 0.0570 e. The highest BCUT2D eigenvalue weighted by Gasteiger charge is 2.33. The molecule has 3 heteroatoms. The normalized spacial score (nSPS) is 24.6. The van der Waals surface area contributed by atoms with Crippen LogP contribution >= 0.6 is 0 Å². The number of pyridine rings is 1. The molecule has 1 aliphatic heterocycles. The minimum absolute atomic E-state index is 0.842. The molecule has 3 nitrogen and oxygen atoms in total. The molecule has 2 heterocycles. The van der Waals surface area contributed by atoms with Crippen molar-refractivity contribution in [2.24, 2.45) is 5.92 Å². The zero-order valence-corrected chi connectivity index (χ0v) is 11.2. The molecule has 18 heavy (non-hydrogen) atoms. The molecule has 1 saturated carbocycles. The van der Waals surface area contributed by atoms with Crippen LogP contribution in [-0.4, -0.2) is 35.6 Å². The molecule has 0 aromatic carbocycles. The van der Waals surface area contributed by atoms with Crippen molar-refractivity contribution in [2.75, 3.05) is 19.6 Å². The predicted molar refractivity (Wildman–Crippen MR) is 73.4 cm³/mol. The lowest BCUT2D eigenvalue weighted by molar-refractivity contribution is 0.311. The van der Waals surface area contributed by atoms with E-state index in [9.17, 15) is 0 Å². The van der Waals surface area contributed by atoms with E-state index in [0.717, 1.165) is 25.0 Å².